The first-order valence-electron chi connectivity index (χ1n) is 7.50. The van der Waals surface area contributed by atoms with Crippen LogP contribution in [0.15, 0.2) is 18.2 Å². The van der Waals surface area contributed by atoms with Gasteiger partial charge in [-0.05, 0) is 45.0 Å². The second kappa shape index (κ2) is 9.34. The van der Waals surface area contributed by atoms with E-state index in [4.69, 9.17) is 4.74 Å². The maximum Gasteiger partial charge on any atom is 0.223 e. The highest BCUT2D eigenvalue weighted by atomic mass is 19.1. The predicted octanol–water partition coefficient (Wildman–Crippen LogP) is 2.79. The first kappa shape index (κ1) is 17.4. The maximum atomic E-state index is 13.4. The average molecular weight is 296 g/mol. The molecule has 0 heterocycles. The summed E-state index contributed by atoms with van der Waals surface area (Å²) in [5, 5.41) is 6.02. The van der Waals surface area contributed by atoms with Crippen LogP contribution in [0.25, 0.3) is 0 Å². The summed E-state index contributed by atoms with van der Waals surface area (Å²) in [6.07, 6.45) is 1.30. The molecule has 1 rings (SSSR count). The highest BCUT2D eigenvalue weighted by Gasteiger charge is 2.13. The van der Waals surface area contributed by atoms with Crippen LogP contribution in [0.4, 0.5) is 4.39 Å². The molecule has 21 heavy (non-hydrogen) atoms. The van der Waals surface area contributed by atoms with Crippen molar-refractivity contribution in [2.75, 3.05) is 19.7 Å². The van der Waals surface area contributed by atoms with Gasteiger partial charge in [-0.25, -0.2) is 4.39 Å². The van der Waals surface area contributed by atoms with E-state index in [2.05, 4.69) is 17.6 Å². The minimum atomic E-state index is -0.286. The fraction of sp³-hybridized carbons (Fsp3) is 0.562. The molecule has 1 atom stereocenters. The van der Waals surface area contributed by atoms with E-state index in [9.17, 15) is 9.18 Å². The van der Waals surface area contributed by atoms with Gasteiger partial charge < -0.3 is 15.4 Å². The molecule has 0 aliphatic heterocycles. The molecular formula is C16H25FN2O2. The van der Waals surface area contributed by atoms with Crippen LogP contribution < -0.4 is 15.4 Å². The molecule has 1 amide bonds. The van der Waals surface area contributed by atoms with Crippen LogP contribution in [0, 0.1) is 5.82 Å². The molecule has 0 saturated carbocycles. The summed E-state index contributed by atoms with van der Waals surface area (Å²) in [6.45, 7) is 7.67. The lowest BCUT2D eigenvalue weighted by Crippen LogP contribution is -2.24. The Morgan fingerprint density at radius 2 is 2.14 bits per heavy atom. The Hall–Kier alpha value is -1.62. The first-order valence-corrected chi connectivity index (χ1v) is 7.50. The highest BCUT2D eigenvalue weighted by Crippen LogP contribution is 2.26. The molecule has 0 radical (unpaired) electrons. The fourth-order valence-corrected chi connectivity index (χ4v) is 2.00. The molecule has 0 aromatic heterocycles. The van der Waals surface area contributed by atoms with Crippen LogP contribution in [0.3, 0.4) is 0 Å². The molecule has 1 aromatic carbocycles. The molecule has 1 unspecified atom stereocenters. The Bertz CT molecular complexity index is 452. The summed E-state index contributed by atoms with van der Waals surface area (Å²) in [4.78, 5) is 11.4. The third-order valence-corrected chi connectivity index (χ3v) is 3.10. The quantitative estimate of drug-likeness (QED) is 0.737. The van der Waals surface area contributed by atoms with Gasteiger partial charge in [0.2, 0.25) is 5.91 Å². The van der Waals surface area contributed by atoms with Gasteiger partial charge >= 0.3 is 0 Å². The molecule has 0 aliphatic rings. The van der Waals surface area contributed by atoms with E-state index in [1.807, 2.05) is 13.8 Å². The SMILES string of the molecule is CCCNC(C)c1cc(F)ccc1OCCC(=O)NCC. The van der Waals surface area contributed by atoms with Gasteiger partial charge in [0.15, 0.2) is 0 Å². The normalized spacial score (nSPS) is 12.0. The number of ether oxygens (including phenoxy) is 1. The molecule has 1 aromatic rings. The van der Waals surface area contributed by atoms with Crippen molar-refractivity contribution in [1.82, 2.24) is 10.6 Å². The number of rotatable bonds is 9. The monoisotopic (exact) mass is 296 g/mol. The van der Waals surface area contributed by atoms with Crippen molar-refractivity contribution in [1.29, 1.82) is 0 Å². The maximum absolute atomic E-state index is 13.4. The van der Waals surface area contributed by atoms with Crippen molar-refractivity contribution < 1.29 is 13.9 Å². The van der Waals surface area contributed by atoms with E-state index >= 15 is 0 Å². The van der Waals surface area contributed by atoms with E-state index < -0.39 is 0 Å². The summed E-state index contributed by atoms with van der Waals surface area (Å²) in [6, 6.07) is 4.47. The molecule has 5 heteroatoms. The van der Waals surface area contributed by atoms with Gasteiger partial charge in [-0.1, -0.05) is 6.92 Å². The zero-order valence-electron chi connectivity index (χ0n) is 13.0. The average Bonchev–Trinajstić information content (AvgIpc) is 2.46. The molecule has 0 fully saturated rings. The first-order chi connectivity index (χ1) is 10.1. The smallest absolute Gasteiger partial charge is 0.223 e. The van der Waals surface area contributed by atoms with Gasteiger partial charge in [0.25, 0.3) is 0 Å². The third kappa shape index (κ3) is 6.12. The van der Waals surface area contributed by atoms with Gasteiger partial charge in [-0.15, -0.1) is 0 Å². The Morgan fingerprint density at radius 1 is 1.38 bits per heavy atom. The number of halogens is 1. The Labute approximate surface area is 126 Å². The van der Waals surface area contributed by atoms with E-state index in [1.54, 1.807) is 6.07 Å². The molecule has 0 aliphatic carbocycles. The Morgan fingerprint density at radius 3 is 2.81 bits per heavy atom. The van der Waals surface area contributed by atoms with Crippen molar-refractivity contribution in [3.05, 3.63) is 29.6 Å². The van der Waals surface area contributed by atoms with Gasteiger partial charge in [0.05, 0.1) is 13.0 Å². The molecule has 118 valence electrons. The van der Waals surface area contributed by atoms with E-state index in [-0.39, 0.29) is 24.4 Å². The second-order valence-corrected chi connectivity index (χ2v) is 4.91. The number of hydrogen-bond donors (Lipinski definition) is 2. The molecule has 0 bridgehead atoms. The van der Waals surface area contributed by atoms with Crippen molar-refractivity contribution in [3.8, 4) is 5.75 Å². The fourth-order valence-electron chi connectivity index (χ4n) is 2.00. The number of benzene rings is 1. The van der Waals surface area contributed by atoms with E-state index in [0.717, 1.165) is 18.5 Å². The summed E-state index contributed by atoms with van der Waals surface area (Å²) in [5.74, 6) is 0.293. The van der Waals surface area contributed by atoms with Crippen LogP contribution >= 0.6 is 0 Å². The lowest BCUT2D eigenvalue weighted by Gasteiger charge is -2.18. The minimum absolute atomic E-state index is 0.000110. The van der Waals surface area contributed by atoms with Crippen molar-refractivity contribution >= 4 is 5.91 Å². The van der Waals surface area contributed by atoms with Crippen LogP contribution in [0.1, 0.15) is 45.2 Å². The van der Waals surface area contributed by atoms with Crippen molar-refractivity contribution in [3.63, 3.8) is 0 Å². The van der Waals surface area contributed by atoms with Crippen LogP contribution in [-0.4, -0.2) is 25.6 Å². The van der Waals surface area contributed by atoms with Gasteiger partial charge in [-0.2, -0.15) is 0 Å². The molecule has 4 nitrogen and oxygen atoms in total. The molecule has 0 spiro atoms. The van der Waals surface area contributed by atoms with Gasteiger partial charge in [0.1, 0.15) is 11.6 Å². The summed E-state index contributed by atoms with van der Waals surface area (Å²) < 4.78 is 19.1. The van der Waals surface area contributed by atoms with Gasteiger partial charge in [0, 0.05) is 18.2 Å². The number of amides is 1. The summed E-state index contributed by atoms with van der Waals surface area (Å²) in [7, 11) is 0. The van der Waals surface area contributed by atoms with Crippen LogP contribution in [-0.2, 0) is 4.79 Å². The predicted molar refractivity (Wildman–Crippen MR) is 81.9 cm³/mol. The van der Waals surface area contributed by atoms with E-state index in [1.165, 1.54) is 12.1 Å². The Balaban J connectivity index is 2.66. The third-order valence-electron chi connectivity index (χ3n) is 3.10. The Kier molecular flexibility index (Phi) is 7.75. The van der Waals surface area contributed by atoms with Crippen molar-refractivity contribution in [2.24, 2.45) is 0 Å². The lowest BCUT2D eigenvalue weighted by atomic mass is 10.1. The minimum Gasteiger partial charge on any atom is -0.493 e. The summed E-state index contributed by atoms with van der Waals surface area (Å²) in [5.41, 5.74) is 0.777. The van der Waals surface area contributed by atoms with Crippen molar-refractivity contribution in [2.45, 2.75) is 39.7 Å². The van der Waals surface area contributed by atoms with Crippen LogP contribution in [0.5, 0.6) is 5.75 Å². The molecule has 2 N–H and O–H groups in total. The number of carbonyl (C=O) groups is 1. The lowest BCUT2D eigenvalue weighted by molar-refractivity contribution is -0.121. The summed E-state index contributed by atoms with van der Waals surface area (Å²) >= 11 is 0. The van der Waals surface area contributed by atoms with Gasteiger partial charge in [-0.3, -0.25) is 4.79 Å². The number of hydrogen-bond acceptors (Lipinski definition) is 3. The topological polar surface area (TPSA) is 50.4 Å². The molecule has 0 saturated heterocycles. The van der Waals surface area contributed by atoms with E-state index in [0.29, 0.717) is 18.7 Å². The zero-order valence-corrected chi connectivity index (χ0v) is 13.0. The highest BCUT2D eigenvalue weighted by molar-refractivity contribution is 5.75. The number of nitrogens with one attached hydrogen (secondary N) is 2. The second-order valence-electron chi connectivity index (χ2n) is 4.91. The van der Waals surface area contributed by atoms with Crippen LogP contribution in [0.2, 0.25) is 0 Å². The number of carbonyl (C=O) groups excluding carboxylic acids is 1. The molecular weight excluding hydrogens is 271 g/mol. The zero-order chi connectivity index (χ0) is 15.7. The largest absolute Gasteiger partial charge is 0.493 e. The standard InChI is InChI=1S/C16H25FN2O2/c1-4-9-19-12(3)14-11-13(17)6-7-15(14)21-10-8-16(20)18-5-2/h6-7,11-12,19H,4-5,8-10H2,1-3H3,(H,18,20).